The van der Waals surface area contributed by atoms with E-state index in [1.54, 1.807) is 0 Å². The molecule has 0 N–H and O–H groups in total. The zero-order valence-electron chi connectivity index (χ0n) is 31.8. The molecule has 0 radical (unpaired) electrons. The maximum atomic E-state index is 2.42. The normalized spacial score (nSPS) is 14.1. The van der Waals surface area contributed by atoms with E-state index in [0.717, 1.165) is 17.1 Å². The van der Waals surface area contributed by atoms with Crippen molar-refractivity contribution >= 4 is 17.1 Å². The summed E-state index contributed by atoms with van der Waals surface area (Å²) in [6, 6.07) is 69.4. The summed E-state index contributed by atoms with van der Waals surface area (Å²) < 4.78 is 0. The van der Waals surface area contributed by atoms with Crippen molar-refractivity contribution in [2.45, 2.75) is 38.5 Å². The molecule has 264 valence electrons. The molecule has 8 aromatic carbocycles. The number of benzene rings is 8. The van der Waals surface area contributed by atoms with Gasteiger partial charge in [0.25, 0.3) is 0 Å². The molecule has 2 aliphatic rings. The summed E-state index contributed by atoms with van der Waals surface area (Å²) in [5.74, 6) is 0. The molecule has 0 saturated carbocycles. The van der Waals surface area contributed by atoms with E-state index in [4.69, 9.17) is 0 Å². The predicted octanol–water partition coefficient (Wildman–Crippen LogP) is 14.8. The summed E-state index contributed by atoms with van der Waals surface area (Å²) in [5.41, 5.74) is 21.6. The zero-order valence-corrected chi connectivity index (χ0v) is 31.8. The monoisotopic (exact) mass is 705 g/mol. The Morgan fingerprint density at radius 3 is 1.33 bits per heavy atom. The molecule has 8 aromatic rings. The molecule has 0 aromatic heterocycles. The Labute approximate surface area is 325 Å². The molecule has 0 aliphatic heterocycles. The molecule has 2 aliphatic carbocycles. The molecule has 10 rings (SSSR count). The van der Waals surface area contributed by atoms with E-state index in [1.807, 2.05) is 0 Å². The van der Waals surface area contributed by atoms with Crippen LogP contribution in [0.5, 0.6) is 0 Å². The third kappa shape index (κ3) is 5.29. The van der Waals surface area contributed by atoms with E-state index in [-0.39, 0.29) is 10.8 Å². The average molecular weight is 706 g/mol. The lowest BCUT2D eigenvalue weighted by Gasteiger charge is -2.29. The van der Waals surface area contributed by atoms with Crippen LogP contribution >= 0.6 is 0 Å². The van der Waals surface area contributed by atoms with Gasteiger partial charge in [-0.1, -0.05) is 179 Å². The molecule has 1 heteroatoms. The van der Waals surface area contributed by atoms with Crippen molar-refractivity contribution < 1.29 is 0 Å². The third-order valence-electron chi connectivity index (χ3n) is 12.3. The van der Waals surface area contributed by atoms with Gasteiger partial charge in [-0.05, 0) is 114 Å². The largest absolute Gasteiger partial charge is 0.310 e. The van der Waals surface area contributed by atoms with Crippen LogP contribution < -0.4 is 4.90 Å². The van der Waals surface area contributed by atoms with E-state index in [9.17, 15) is 0 Å². The zero-order chi connectivity index (χ0) is 37.3. The maximum Gasteiger partial charge on any atom is 0.0465 e. The van der Waals surface area contributed by atoms with Crippen LogP contribution in [0.3, 0.4) is 0 Å². The molecule has 55 heavy (non-hydrogen) atoms. The van der Waals surface area contributed by atoms with Crippen molar-refractivity contribution in [3.05, 3.63) is 210 Å². The Bertz CT molecular complexity index is 2720. The fourth-order valence-electron chi connectivity index (χ4n) is 9.45. The average Bonchev–Trinajstić information content (AvgIpc) is 3.61. The second-order valence-electron chi connectivity index (χ2n) is 16.2. The number of nitrogens with zero attached hydrogens (tertiary/aromatic N) is 1. The van der Waals surface area contributed by atoms with Crippen molar-refractivity contribution in [1.82, 2.24) is 0 Å². The Morgan fingerprint density at radius 1 is 0.291 bits per heavy atom. The molecule has 0 fully saturated rings. The minimum Gasteiger partial charge on any atom is -0.310 e. The molecule has 1 nitrogen and oxygen atoms in total. The Kier molecular flexibility index (Phi) is 7.58. The van der Waals surface area contributed by atoms with Gasteiger partial charge in [-0.2, -0.15) is 0 Å². The fourth-order valence-corrected chi connectivity index (χ4v) is 9.45. The number of rotatable bonds is 6. The smallest absolute Gasteiger partial charge is 0.0465 e. The summed E-state index contributed by atoms with van der Waals surface area (Å²) in [7, 11) is 0. The number of hydrogen-bond donors (Lipinski definition) is 0. The Hall–Kier alpha value is -6.44. The van der Waals surface area contributed by atoms with Gasteiger partial charge in [-0.25, -0.2) is 0 Å². The van der Waals surface area contributed by atoms with Crippen molar-refractivity contribution in [3.63, 3.8) is 0 Å². The van der Waals surface area contributed by atoms with Crippen LogP contribution in [0, 0.1) is 0 Å². The summed E-state index contributed by atoms with van der Waals surface area (Å²) in [6.45, 7) is 9.45. The van der Waals surface area contributed by atoms with Gasteiger partial charge >= 0.3 is 0 Å². The molecule has 0 heterocycles. The van der Waals surface area contributed by atoms with Crippen LogP contribution in [0.25, 0.3) is 55.6 Å². The van der Waals surface area contributed by atoms with Crippen LogP contribution in [0.2, 0.25) is 0 Å². The highest BCUT2D eigenvalue weighted by Crippen LogP contribution is 2.53. The minimum absolute atomic E-state index is 0.0777. The highest BCUT2D eigenvalue weighted by Gasteiger charge is 2.38. The first-order chi connectivity index (χ1) is 26.8. The summed E-state index contributed by atoms with van der Waals surface area (Å²) in [6.07, 6.45) is 0. The van der Waals surface area contributed by atoms with Crippen LogP contribution in [0.1, 0.15) is 49.9 Å². The lowest BCUT2D eigenvalue weighted by Crippen LogP contribution is -2.16. The van der Waals surface area contributed by atoms with E-state index < -0.39 is 0 Å². The molecule has 0 spiro atoms. The highest BCUT2D eigenvalue weighted by molar-refractivity contribution is 5.90. The first kappa shape index (κ1) is 33.2. The van der Waals surface area contributed by atoms with Gasteiger partial charge < -0.3 is 4.90 Å². The molecular weight excluding hydrogens is 663 g/mol. The molecule has 0 bridgehead atoms. The van der Waals surface area contributed by atoms with E-state index >= 15 is 0 Å². The molecule has 0 atom stereocenters. The fraction of sp³-hybridized carbons (Fsp3) is 0.111. The van der Waals surface area contributed by atoms with Gasteiger partial charge in [0.15, 0.2) is 0 Å². The SMILES string of the molecule is CC1(C)c2ccccc2-c2ccc(N(c3ccc(-c4ccc(-c5ccccc5)cc4)cc3)c3ccc(-c4cccc5c4C(C)(C)c4ccccc4-5)cc3)cc21. The quantitative estimate of drug-likeness (QED) is 0.166. The van der Waals surface area contributed by atoms with Crippen LogP contribution in [-0.4, -0.2) is 0 Å². The highest BCUT2D eigenvalue weighted by atomic mass is 15.1. The third-order valence-corrected chi connectivity index (χ3v) is 12.3. The second-order valence-corrected chi connectivity index (χ2v) is 16.2. The summed E-state index contributed by atoms with van der Waals surface area (Å²) >= 11 is 0. The lowest BCUT2D eigenvalue weighted by molar-refractivity contribution is 0.660. The molecule has 0 amide bonds. The minimum atomic E-state index is -0.0920. The van der Waals surface area contributed by atoms with Gasteiger partial charge in [0.05, 0.1) is 0 Å². The van der Waals surface area contributed by atoms with Crippen LogP contribution in [0.4, 0.5) is 17.1 Å². The second kappa shape index (κ2) is 12.6. The van der Waals surface area contributed by atoms with Crippen molar-refractivity contribution in [2.24, 2.45) is 0 Å². The Morgan fingerprint density at radius 2 is 0.709 bits per heavy atom. The summed E-state index contributed by atoms with van der Waals surface area (Å²) in [4.78, 5) is 2.42. The van der Waals surface area contributed by atoms with E-state index in [1.165, 1.54) is 77.9 Å². The first-order valence-corrected chi connectivity index (χ1v) is 19.4. The molecule has 0 unspecified atom stereocenters. The van der Waals surface area contributed by atoms with E-state index in [0.29, 0.717) is 0 Å². The number of hydrogen-bond acceptors (Lipinski definition) is 1. The van der Waals surface area contributed by atoms with Crippen LogP contribution in [-0.2, 0) is 10.8 Å². The van der Waals surface area contributed by atoms with E-state index in [2.05, 4.69) is 221 Å². The standard InChI is InChI=1S/C54H43N/c1-53(2)49-19-10-8-15-45(49)47-34-33-43(35-51(47)53)55(41-29-25-39(26-30-41)38-23-21-37(22-24-38)36-13-6-5-7-14-36)42-31-27-40(28-32-42)44-17-12-18-48-46-16-9-11-20-50(46)54(3,4)52(44)48/h5-35H,1-4H3. The topological polar surface area (TPSA) is 3.24 Å². The first-order valence-electron chi connectivity index (χ1n) is 19.4. The van der Waals surface area contributed by atoms with Crippen molar-refractivity contribution in [3.8, 4) is 55.6 Å². The van der Waals surface area contributed by atoms with Gasteiger partial charge in [-0.3, -0.25) is 0 Å². The van der Waals surface area contributed by atoms with Crippen molar-refractivity contribution in [1.29, 1.82) is 0 Å². The van der Waals surface area contributed by atoms with Gasteiger partial charge in [0.2, 0.25) is 0 Å². The number of fused-ring (bicyclic) bond motifs is 6. The van der Waals surface area contributed by atoms with Crippen LogP contribution in [0.15, 0.2) is 188 Å². The van der Waals surface area contributed by atoms with Crippen molar-refractivity contribution in [2.75, 3.05) is 4.90 Å². The predicted molar refractivity (Wildman–Crippen MR) is 233 cm³/mol. The number of anilines is 3. The van der Waals surface area contributed by atoms with Gasteiger partial charge in [0.1, 0.15) is 0 Å². The Balaban J connectivity index is 1.05. The maximum absolute atomic E-state index is 2.42. The molecule has 0 saturated heterocycles. The molecular formula is C54H43N. The van der Waals surface area contributed by atoms with Gasteiger partial charge in [-0.15, -0.1) is 0 Å². The summed E-state index contributed by atoms with van der Waals surface area (Å²) in [5, 5.41) is 0. The lowest BCUT2D eigenvalue weighted by atomic mass is 9.79. The van der Waals surface area contributed by atoms with Gasteiger partial charge in [0, 0.05) is 27.9 Å².